The van der Waals surface area contributed by atoms with Crippen molar-refractivity contribution in [1.29, 1.82) is 0 Å². The van der Waals surface area contributed by atoms with Crippen molar-refractivity contribution in [2.75, 3.05) is 0 Å². The molecule has 5 aromatic rings. The van der Waals surface area contributed by atoms with E-state index in [2.05, 4.69) is 14.8 Å². The highest BCUT2D eigenvalue weighted by atomic mass is 32.1. The maximum absolute atomic E-state index is 13.5. The van der Waals surface area contributed by atoms with Crippen molar-refractivity contribution in [2.45, 2.75) is 40.2 Å². The third kappa shape index (κ3) is 7.09. The van der Waals surface area contributed by atoms with E-state index in [-0.39, 0.29) is 29.7 Å². The van der Waals surface area contributed by atoms with Crippen molar-refractivity contribution < 1.29 is 44.6 Å². The topological polar surface area (TPSA) is 107 Å². The van der Waals surface area contributed by atoms with Gasteiger partial charge in [-0.15, -0.1) is 0 Å². The van der Waals surface area contributed by atoms with E-state index in [9.17, 15) is 27.1 Å². The number of rotatable bonds is 7. The van der Waals surface area contributed by atoms with Crippen LogP contribution in [-0.4, -0.2) is 34.9 Å². The highest BCUT2D eigenvalue weighted by Gasteiger charge is 2.35. The van der Waals surface area contributed by atoms with Crippen LogP contribution in [0.25, 0.3) is 39.4 Å². The SMILES string of the molecule is Cc1nc(-c2ccc(OC(F)F)cc2)c(-c2cc(-c3ccc(CO)c(C)c3)ccc2-n2nc(C(F)(F)F)cc2C)o1.O=S=O. The van der Waals surface area contributed by atoms with Crippen LogP contribution in [0, 0.1) is 20.8 Å². The van der Waals surface area contributed by atoms with Crippen molar-refractivity contribution in [1.82, 2.24) is 14.8 Å². The molecule has 0 atom stereocenters. The third-order valence-electron chi connectivity index (χ3n) is 6.58. The summed E-state index contributed by atoms with van der Waals surface area (Å²) in [6.07, 6.45) is -4.64. The van der Waals surface area contributed by atoms with Gasteiger partial charge in [0.15, 0.2) is 17.3 Å². The number of halogens is 5. The summed E-state index contributed by atoms with van der Waals surface area (Å²) in [7, 11) is 0. The first-order valence-corrected chi connectivity index (χ1v) is 13.5. The molecule has 3 aromatic carbocycles. The molecular weight excluding hydrogens is 609 g/mol. The van der Waals surface area contributed by atoms with Gasteiger partial charge in [0.2, 0.25) is 0 Å². The number of aromatic nitrogens is 3. The van der Waals surface area contributed by atoms with Gasteiger partial charge in [-0.1, -0.05) is 24.3 Å². The Balaban J connectivity index is 0.00000141. The van der Waals surface area contributed by atoms with Crippen LogP contribution >= 0.6 is 0 Å². The van der Waals surface area contributed by atoms with E-state index in [4.69, 9.17) is 12.8 Å². The molecule has 0 bridgehead atoms. The predicted molar refractivity (Wildman–Crippen MR) is 151 cm³/mol. The van der Waals surface area contributed by atoms with Crippen LogP contribution in [0.15, 0.2) is 71.1 Å². The van der Waals surface area contributed by atoms with Gasteiger partial charge in [-0.05, 0) is 78.6 Å². The van der Waals surface area contributed by atoms with Crippen molar-refractivity contribution in [2.24, 2.45) is 0 Å². The number of aliphatic hydroxyl groups is 1. The molecule has 5 rings (SSSR count). The number of alkyl halides is 5. The average molecular weight is 634 g/mol. The second-order valence-electron chi connectivity index (χ2n) is 9.49. The largest absolute Gasteiger partial charge is 0.440 e. The van der Waals surface area contributed by atoms with Crippen LogP contribution in [0.3, 0.4) is 0 Å². The smallest absolute Gasteiger partial charge is 0.435 e. The van der Waals surface area contributed by atoms with Gasteiger partial charge in [-0.25, -0.2) is 9.67 Å². The van der Waals surface area contributed by atoms with Crippen molar-refractivity contribution in [3.63, 3.8) is 0 Å². The first-order valence-electron chi connectivity index (χ1n) is 12.8. The van der Waals surface area contributed by atoms with Crippen molar-refractivity contribution in [3.8, 4) is 45.1 Å². The maximum atomic E-state index is 13.5. The zero-order valence-corrected chi connectivity index (χ0v) is 24.2. The monoisotopic (exact) mass is 633 g/mol. The molecule has 0 saturated carbocycles. The molecule has 2 heterocycles. The van der Waals surface area contributed by atoms with Gasteiger partial charge in [0.25, 0.3) is 0 Å². The number of hydrogen-bond donors (Lipinski definition) is 1. The Labute approximate surface area is 251 Å². The lowest BCUT2D eigenvalue weighted by Crippen LogP contribution is -2.08. The van der Waals surface area contributed by atoms with E-state index in [0.29, 0.717) is 22.5 Å². The van der Waals surface area contributed by atoms with E-state index in [1.807, 2.05) is 19.1 Å². The summed E-state index contributed by atoms with van der Waals surface area (Å²) in [5, 5.41) is 13.4. The molecule has 0 spiro atoms. The lowest BCUT2D eigenvalue weighted by atomic mass is 9.96. The lowest BCUT2D eigenvalue weighted by Gasteiger charge is -2.14. The van der Waals surface area contributed by atoms with Gasteiger partial charge in [0, 0.05) is 23.7 Å². The molecule has 230 valence electrons. The molecule has 8 nitrogen and oxygen atoms in total. The number of oxazole rings is 1. The van der Waals surface area contributed by atoms with Crippen molar-refractivity contribution >= 4 is 11.6 Å². The summed E-state index contributed by atoms with van der Waals surface area (Å²) in [6, 6.07) is 17.5. The van der Waals surface area contributed by atoms with Crippen LogP contribution in [0.2, 0.25) is 0 Å². The van der Waals surface area contributed by atoms with Crippen LogP contribution in [-0.2, 0) is 24.4 Å². The highest BCUT2D eigenvalue weighted by molar-refractivity contribution is 7.51. The lowest BCUT2D eigenvalue weighted by molar-refractivity contribution is -0.141. The normalized spacial score (nSPS) is 11.3. The Morgan fingerprint density at radius 2 is 1.55 bits per heavy atom. The molecule has 0 aliphatic rings. The first kappa shape index (κ1) is 32.2. The van der Waals surface area contributed by atoms with E-state index in [1.54, 1.807) is 43.3 Å². The van der Waals surface area contributed by atoms with E-state index in [1.165, 1.54) is 23.7 Å². The molecule has 44 heavy (non-hydrogen) atoms. The second-order valence-corrected chi connectivity index (χ2v) is 9.63. The molecule has 0 amide bonds. The summed E-state index contributed by atoms with van der Waals surface area (Å²) < 4.78 is 94.1. The average Bonchev–Trinajstić information content (AvgIpc) is 3.56. The third-order valence-corrected chi connectivity index (χ3v) is 6.58. The standard InChI is InChI=1S/C30H24F5N3O3.O2S/c1-16-12-20(4-5-22(16)15-39)21-8-11-25(38-17(2)13-26(37-38)30(33,34)35)24(14-21)28-27(36-18(3)40-28)19-6-9-23(10-7-19)41-29(31)32;1-3-2/h4-14,29,39H,15H2,1-3H3;. The molecule has 1 N–H and O–H groups in total. The van der Waals surface area contributed by atoms with E-state index < -0.39 is 30.1 Å². The minimum Gasteiger partial charge on any atom is -0.440 e. The van der Waals surface area contributed by atoms with Gasteiger partial charge >= 0.3 is 24.4 Å². The van der Waals surface area contributed by atoms with Gasteiger partial charge < -0.3 is 14.3 Å². The van der Waals surface area contributed by atoms with Crippen LogP contribution in [0.4, 0.5) is 22.0 Å². The number of ether oxygens (including phenoxy) is 1. The second kappa shape index (κ2) is 13.3. The number of nitrogens with zero attached hydrogens (tertiary/aromatic N) is 3. The van der Waals surface area contributed by atoms with Gasteiger partial charge in [0.05, 0.1) is 12.3 Å². The van der Waals surface area contributed by atoms with Crippen LogP contribution < -0.4 is 4.74 Å². The molecule has 2 aromatic heterocycles. The van der Waals surface area contributed by atoms with Gasteiger partial charge in [-0.3, -0.25) is 0 Å². The molecule has 0 radical (unpaired) electrons. The summed E-state index contributed by atoms with van der Waals surface area (Å²) in [5.41, 5.74) is 4.01. The molecule has 0 aliphatic carbocycles. The summed E-state index contributed by atoms with van der Waals surface area (Å²) in [5.74, 6) is 0.506. The summed E-state index contributed by atoms with van der Waals surface area (Å²) in [4.78, 5) is 4.50. The fourth-order valence-corrected chi connectivity index (χ4v) is 4.59. The molecular formula is C30H24F5N3O5S. The van der Waals surface area contributed by atoms with E-state index in [0.717, 1.165) is 28.3 Å². The number of aryl methyl sites for hydroxylation is 3. The van der Waals surface area contributed by atoms with E-state index >= 15 is 0 Å². The van der Waals surface area contributed by atoms with Gasteiger partial charge in [-0.2, -0.15) is 35.5 Å². The van der Waals surface area contributed by atoms with Crippen molar-refractivity contribution in [3.05, 3.63) is 95.1 Å². The highest BCUT2D eigenvalue weighted by Crippen LogP contribution is 2.40. The number of aliphatic hydroxyl groups excluding tert-OH is 1. The summed E-state index contributed by atoms with van der Waals surface area (Å²) >= 11 is -0.750. The predicted octanol–water partition coefficient (Wildman–Crippen LogP) is 7.23. The fraction of sp³-hybridized carbons (Fsp3) is 0.200. The number of hydrogen-bond acceptors (Lipinski definition) is 7. The number of benzene rings is 3. The molecule has 0 unspecified atom stereocenters. The Kier molecular flexibility index (Phi) is 9.75. The Bertz CT molecular complexity index is 1810. The maximum Gasteiger partial charge on any atom is 0.435 e. The summed E-state index contributed by atoms with van der Waals surface area (Å²) in [6.45, 7) is 1.92. The zero-order valence-electron chi connectivity index (χ0n) is 23.4. The molecule has 0 aliphatic heterocycles. The Morgan fingerprint density at radius 3 is 2.11 bits per heavy atom. The molecule has 0 fully saturated rings. The minimum absolute atomic E-state index is 0.0401. The molecule has 14 heteroatoms. The van der Waals surface area contributed by atoms with Crippen LogP contribution in [0.1, 0.15) is 28.4 Å². The Morgan fingerprint density at radius 1 is 0.932 bits per heavy atom. The quantitative estimate of drug-likeness (QED) is 0.189. The zero-order chi connectivity index (χ0) is 32.2. The van der Waals surface area contributed by atoms with Gasteiger partial charge in [0.1, 0.15) is 11.4 Å². The molecule has 0 saturated heterocycles. The van der Waals surface area contributed by atoms with Crippen LogP contribution in [0.5, 0.6) is 5.75 Å². The minimum atomic E-state index is -4.64. The Hall–Kier alpha value is -4.69. The first-order chi connectivity index (χ1) is 20.9. The fourth-order valence-electron chi connectivity index (χ4n) is 4.59.